The van der Waals surface area contributed by atoms with Crippen LogP contribution in [0.4, 0.5) is 5.69 Å². The highest BCUT2D eigenvalue weighted by atomic mass is 32.2. The zero-order valence-corrected chi connectivity index (χ0v) is 15.7. The molecule has 2 aromatic carbocycles. The topological polar surface area (TPSA) is 103 Å². The molecule has 8 nitrogen and oxygen atoms in total. The number of nitrogens with one attached hydrogen (secondary N) is 2. The summed E-state index contributed by atoms with van der Waals surface area (Å²) in [6.45, 7) is 2.48. The van der Waals surface area contributed by atoms with Crippen LogP contribution in [-0.4, -0.2) is 40.7 Å². The van der Waals surface area contributed by atoms with E-state index in [2.05, 4.69) is 10.0 Å². The van der Waals surface area contributed by atoms with Crippen molar-refractivity contribution in [3.05, 3.63) is 42.5 Å². The highest BCUT2D eigenvalue weighted by Crippen LogP contribution is 2.33. The number of carbonyl (C=O) groups excluding carboxylic acids is 1. The van der Waals surface area contributed by atoms with Crippen molar-refractivity contribution in [2.24, 2.45) is 0 Å². The fraction of sp³-hybridized carbons (Fsp3) is 0.278. The van der Waals surface area contributed by atoms with Crippen LogP contribution in [0.1, 0.15) is 6.92 Å². The van der Waals surface area contributed by atoms with Crippen molar-refractivity contribution >= 4 is 21.6 Å². The van der Waals surface area contributed by atoms with Gasteiger partial charge in [0, 0.05) is 13.1 Å². The van der Waals surface area contributed by atoms with E-state index in [0.29, 0.717) is 36.1 Å². The van der Waals surface area contributed by atoms with Gasteiger partial charge in [-0.3, -0.25) is 9.52 Å². The minimum Gasteiger partial charge on any atom is -0.486 e. The fourth-order valence-electron chi connectivity index (χ4n) is 2.48. The molecule has 27 heavy (non-hydrogen) atoms. The third-order valence-electron chi connectivity index (χ3n) is 3.86. The van der Waals surface area contributed by atoms with Gasteiger partial charge in [-0.2, -0.15) is 0 Å². The first-order valence-corrected chi connectivity index (χ1v) is 9.78. The van der Waals surface area contributed by atoms with E-state index in [1.807, 2.05) is 0 Å². The van der Waals surface area contributed by atoms with Gasteiger partial charge in [0.2, 0.25) is 0 Å². The van der Waals surface area contributed by atoms with Crippen LogP contribution in [0.3, 0.4) is 0 Å². The van der Waals surface area contributed by atoms with Gasteiger partial charge in [-0.15, -0.1) is 0 Å². The van der Waals surface area contributed by atoms with Crippen molar-refractivity contribution in [1.29, 1.82) is 0 Å². The maximum absolute atomic E-state index is 12.6. The smallest absolute Gasteiger partial charge is 0.261 e. The number of carbonyl (C=O) groups is 1. The van der Waals surface area contributed by atoms with E-state index in [4.69, 9.17) is 14.2 Å². The second kappa shape index (κ2) is 7.75. The molecule has 1 atom stereocenters. The quantitative estimate of drug-likeness (QED) is 0.777. The van der Waals surface area contributed by atoms with Gasteiger partial charge in [0.1, 0.15) is 19.0 Å². The predicted molar refractivity (Wildman–Crippen MR) is 98.8 cm³/mol. The molecular formula is C18H20N2O6S. The highest BCUT2D eigenvalue weighted by molar-refractivity contribution is 7.92. The Morgan fingerprint density at radius 2 is 1.74 bits per heavy atom. The van der Waals surface area contributed by atoms with E-state index in [9.17, 15) is 13.2 Å². The highest BCUT2D eigenvalue weighted by Gasteiger charge is 2.18. The number of sulfonamides is 1. The number of hydrogen-bond donors (Lipinski definition) is 2. The molecule has 0 radical (unpaired) electrons. The van der Waals surface area contributed by atoms with Crippen molar-refractivity contribution in [3.8, 4) is 17.2 Å². The second-order valence-electron chi connectivity index (χ2n) is 5.81. The van der Waals surface area contributed by atoms with Crippen LogP contribution in [0.2, 0.25) is 0 Å². The molecule has 1 amide bonds. The monoisotopic (exact) mass is 392 g/mol. The normalized spacial score (nSPS) is 14.1. The molecule has 0 aromatic heterocycles. The molecule has 1 aliphatic heterocycles. The molecule has 0 aliphatic carbocycles. The average molecular weight is 392 g/mol. The summed E-state index contributed by atoms with van der Waals surface area (Å²) in [5, 5.41) is 2.48. The number of fused-ring (bicyclic) bond motifs is 1. The Morgan fingerprint density at radius 3 is 2.41 bits per heavy atom. The van der Waals surface area contributed by atoms with Gasteiger partial charge in [0.25, 0.3) is 15.9 Å². The maximum atomic E-state index is 12.6. The van der Waals surface area contributed by atoms with Gasteiger partial charge in [0.05, 0.1) is 10.6 Å². The number of amides is 1. The Labute approximate surface area is 157 Å². The Balaban J connectivity index is 1.72. The lowest BCUT2D eigenvalue weighted by Gasteiger charge is -2.19. The number of hydrogen-bond acceptors (Lipinski definition) is 6. The summed E-state index contributed by atoms with van der Waals surface area (Å²) in [5.41, 5.74) is 0.368. The minimum atomic E-state index is -3.79. The van der Waals surface area contributed by atoms with Crippen molar-refractivity contribution in [2.75, 3.05) is 25.0 Å². The Bertz CT molecular complexity index is 927. The minimum absolute atomic E-state index is 0.0670. The molecule has 3 rings (SSSR count). The molecule has 2 aromatic rings. The largest absolute Gasteiger partial charge is 0.486 e. The lowest BCUT2D eigenvalue weighted by atomic mass is 10.3. The van der Waals surface area contributed by atoms with Crippen LogP contribution in [-0.2, 0) is 14.8 Å². The summed E-state index contributed by atoms with van der Waals surface area (Å²) in [6, 6.07) is 10.7. The molecule has 9 heteroatoms. The first kappa shape index (κ1) is 18.8. The molecule has 1 heterocycles. The van der Waals surface area contributed by atoms with Crippen molar-refractivity contribution < 1.29 is 27.4 Å². The van der Waals surface area contributed by atoms with Crippen LogP contribution in [0, 0.1) is 0 Å². The summed E-state index contributed by atoms with van der Waals surface area (Å²) in [4.78, 5) is 11.6. The molecule has 0 saturated heterocycles. The number of likely N-dealkylation sites (N-methyl/N-ethyl adjacent to an activating group) is 1. The molecular weight excluding hydrogens is 372 g/mol. The predicted octanol–water partition coefficient (Wildman–Crippen LogP) is 1.77. The van der Waals surface area contributed by atoms with E-state index in [0.717, 1.165) is 0 Å². The standard InChI is InChI=1S/C18H20N2O6S/c1-12(18(21)19-2)26-14-4-6-15(7-5-14)27(22,23)20-13-3-8-16-17(11-13)25-10-9-24-16/h3-8,11-12,20H,9-10H2,1-2H3,(H,19,21)/t12-/m1/s1. The van der Waals surface area contributed by atoms with Gasteiger partial charge in [-0.25, -0.2) is 8.42 Å². The van der Waals surface area contributed by atoms with E-state index in [1.165, 1.54) is 31.3 Å². The summed E-state index contributed by atoms with van der Waals surface area (Å²) in [5.74, 6) is 1.20. The summed E-state index contributed by atoms with van der Waals surface area (Å²) in [6.07, 6.45) is -0.687. The number of anilines is 1. The molecule has 1 aliphatic rings. The third-order valence-corrected chi connectivity index (χ3v) is 5.25. The number of rotatable bonds is 6. The number of benzene rings is 2. The summed E-state index contributed by atoms with van der Waals surface area (Å²) in [7, 11) is -2.27. The lowest BCUT2D eigenvalue weighted by Crippen LogP contribution is -2.33. The second-order valence-corrected chi connectivity index (χ2v) is 7.49. The molecule has 0 fully saturated rings. The Morgan fingerprint density at radius 1 is 1.07 bits per heavy atom. The van der Waals surface area contributed by atoms with Gasteiger partial charge in [0.15, 0.2) is 17.6 Å². The molecule has 144 valence electrons. The van der Waals surface area contributed by atoms with Crippen molar-refractivity contribution in [3.63, 3.8) is 0 Å². The first-order valence-electron chi connectivity index (χ1n) is 8.30. The van der Waals surface area contributed by atoms with E-state index in [-0.39, 0.29) is 10.8 Å². The van der Waals surface area contributed by atoms with Gasteiger partial charge < -0.3 is 19.5 Å². The van der Waals surface area contributed by atoms with E-state index < -0.39 is 16.1 Å². The molecule has 2 N–H and O–H groups in total. The first-order chi connectivity index (χ1) is 12.9. The van der Waals surface area contributed by atoms with Crippen LogP contribution in [0.25, 0.3) is 0 Å². The zero-order valence-electron chi connectivity index (χ0n) is 14.9. The summed E-state index contributed by atoms with van der Waals surface area (Å²) >= 11 is 0. The molecule has 0 saturated carbocycles. The van der Waals surface area contributed by atoms with Gasteiger partial charge >= 0.3 is 0 Å². The van der Waals surface area contributed by atoms with Crippen molar-refractivity contribution in [1.82, 2.24) is 5.32 Å². The van der Waals surface area contributed by atoms with Crippen LogP contribution in [0.15, 0.2) is 47.4 Å². The van der Waals surface area contributed by atoms with Gasteiger partial charge in [-0.1, -0.05) is 0 Å². The Kier molecular flexibility index (Phi) is 5.41. The number of ether oxygens (including phenoxy) is 3. The van der Waals surface area contributed by atoms with Crippen LogP contribution < -0.4 is 24.2 Å². The SMILES string of the molecule is CNC(=O)[C@@H](C)Oc1ccc(S(=O)(=O)Nc2ccc3c(c2)OCCO3)cc1. The van der Waals surface area contributed by atoms with Crippen LogP contribution in [0.5, 0.6) is 17.2 Å². The van der Waals surface area contributed by atoms with Crippen LogP contribution >= 0.6 is 0 Å². The van der Waals surface area contributed by atoms with Gasteiger partial charge in [-0.05, 0) is 43.3 Å². The molecule has 0 unspecified atom stereocenters. The molecule has 0 spiro atoms. The lowest BCUT2D eigenvalue weighted by molar-refractivity contribution is -0.126. The maximum Gasteiger partial charge on any atom is 0.261 e. The van der Waals surface area contributed by atoms with Crippen molar-refractivity contribution in [2.45, 2.75) is 17.9 Å². The fourth-order valence-corrected chi connectivity index (χ4v) is 3.53. The Hall–Kier alpha value is -2.94. The van der Waals surface area contributed by atoms with E-state index >= 15 is 0 Å². The average Bonchev–Trinajstić information content (AvgIpc) is 2.67. The summed E-state index contributed by atoms with van der Waals surface area (Å²) < 4.78 is 44.0. The third kappa shape index (κ3) is 4.43. The molecule has 0 bridgehead atoms. The zero-order chi connectivity index (χ0) is 19.4. The van der Waals surface area contributed by atoms with E-state index in [1.54, 1.807) is 25.1 Å².